The van der Waals surface area contributed by atoms with Crippen molar-refractivity contribution >= 4 is 17.9 Å². The highest BCUT2D eigenvalue weighted by Gasteiger charge is 2.22. The molecule has 0 unspecified atom stereocenters. The van der Waals surface area contributed by atoms with Crippen LogP contribution in [0.4, 0.5) is 0 Å². The van der Waals surface area contributed by atoms with E-state index in [9.17, 15) is 0 Å². The molecule has 1 aliphatic rings. The first kappa shape index (κ1) is 12.8. The molecular weight excluding hydrogens is 260 g/mol. The highest BCUT2D eigenvalue weighted by molar-refractivity contribution is 7.71. The van der Waals surface area contributed by atoms with Crippen LogP contribution in [0.2, 0.25) is 0 Å². The summed E-state index contributed by atoms with van der Waals surface area (Å²) in [6.45, 7) is 6.76. The van der Waals surface area contributed by atoms with Crippen LogP contribution < -0.4 is 0 Å². The predicted molar refractivity (Wildman–Crippen MR) is 75.6 cm³/mol. The lowest BCUT2D eigenvalue weighted by atomic mass is 10.2. The molecule has 0 saturated carbocycles. The van der Waals surface area contributed by atoms with Gasteiger partial charge in [0.1, 0.15) is 0 Å². The zero-order valence-corrected chi connectivity index (χ0v) is 12.0. The van der Waals surface area contributed by atoms with Crippen LogP contribution in [0.3, 0.4) is 0 Å². The first-order valence-electron chi connectivity index (χ1n) is 6.55. The van der Waals surface area contributed by atoms with Gasteiger partial charge in [-0.05, 0) is 38.2 Å². The Kier molecular flexibility index (Phi) is 3.38. The molecular formula is C13H18N4OS. The summed E-state index contributed by atoms with van der Waals surface area (Å²) < 4.78 is 10.3. The zero-order valence-electron chi connectivity index (χ0n) is 11.2. The molecule has 1 aliphatic heterocycles. The molecule has 0 bridgehead atoms. The normalized spacial score (nSPS) is 24.9. The Morgan fingerprint density at radius 1 is 1.32 bits per heavy atom. The van der Waals surface area contributed by atoms with Crippen LogP contribution in [0.1, 0.15) is 13.8 Å². The third kappa shape index (κ3) is 2.56. The summed E-state index contributed by atoms with van der Waals surface area (Å²) in [5.74, 6) is 0. The second-order valence-electron chi connectivity index (χ2n) is 5.15. The summed E-state index contributed by atoms with van der Waals surface area (Å²) >= 11 is 5.46. The van der Waals surface area contributed by atoms with E-state index in [0.29, 0.717) is 0 Å². The van der Waals surface area contributed by atoms with Crippen molar-refractivity contribution in [2.24, 2.45) is 0 Å². The fraction of sp³-hybridized carbons (Fsp3) is 0.538. The zero-order chi connectivity index (χ0) is 13.4. The fourth-order valence-electron chi connectivity index (χ4n) is 2.65. The lowest BCUT2D eigenvalue weighted by molar-refractivity contribution is -0.0776. The van der Waals surface area contributed by atoms with Crippen molar-refractivity contribution in [3.8, 4) is 0 Å². The number of nitrogens with zero attached hydrogens (tertiary/aromatic N) is 4. The summed E-state index contributed by atoms with van der Waals surface area (Å²) in [5.41, 5.74) is 0.891. The molecule has 3 rings (SSSR count). The Labute approximate surface area is 117 Å². The maximum Gasteiger partial charge on any atom is 0.203 e. The van der Waals surface area contributed by atoms with Crippen molar-refractivity contribution in [3.63, 3.8) is 0 Å². The van der Waals surface area contributed by atoms with Gasteiger partial charge in [0.05, 0.1) is 18.9 Å². The van der Waals surface area contributed by atoms with Crippen LogP contribution in [0.25, 0.3) is 5.65 Å². The lowest BCUT2D eigenvalue weighted by Gasteiger charge is -2.34. The van der Waals surface area contributed by atoms with Gasteiger partial charge in [-0.3, -0.25) is 9.30 Å². The van der Waals surface area contributed by atoms with Crippen LogP contribution in [-0.4, -0.2) is 44.4 Å². The SMILES string of the molecule is C[C@@H]1CN(Cn2nc3ccccn3c2=S)C[C@@H](C)O1. The molecule has 5 nitrogen and oxygen atoms in total. The van der Waals surface area contributed by atoms with Gasteiger partial charge in [-0.25, -0.2) is 4.68 Å². The molecule has 2 aromatic heterocycles. The molecule has 1 fully saturated rings. The molecule has 0 spiro atoms. The van der Waals surface area contributed by atoms with Crippen molar-refractivity contribution in [2.75, 3.05) is 13.1 Å². The van der Waals surface area contributed by atoms with Gasteiger partial charge in [0.15, 0.2) is 5.65 Å². The van der Waals surface area contributed by atoms with Crippen molar-refractivity contribution in [3.05, 3.63) is 29.2 Å². The molecule has 2 aromatic rings. The van der Waals surface area contributed by atoms with Gasteiger partial charge in [-0.15, -0.1) is 0 Å². The standard InChI is InChI=1S/C13H18N4OS/c1-10-7-15(8-11(2)18-10)9-17-13(19)16-6-4-3-5-12(16)14-17/h3-6,10-11H,7-9H2,1-2H3/t10-,11-/m1/s1. The monoisotopic (exact) mass is 278 g/mol. The van der Waals surface area contributed by atoms with E-state index in [0.717, 1.165) is 30.2 Å². The number of morpholine rings is 1. The van der Waals surface area contributed by atoms with Crippen molar-refractivity contribution < 1.29 is 4.74 Å². The number of ether oxygens (including phenoxy) is 1. The van der Waals surface area contributed by atoms with Gasteiger partial charge in [0.2, 0.25) is 4.77 Å². The van der Waals surface area contributed by atoms with E-state index < -0.39 is 0 Å². The van der Waals surface area contributed by atoms with Gasteiger partial charge in [-0.1, -0.05) is 6.07 Å². The smallest absolute Gasteiger partial charge is 0.203 e. The number of fused-ring (bicyclic) bond motifs is 1. The minimum absolute atomic E-state index is 0.259. The summed E-state index contributed by atoms with van der Waals surface area (Å²) in [4.78, 5) is 2.33. The lowest BCUT2D eigenvalue weighted by Crippen LogP contribution is -2.46. The van der Waals surface area contributed by atoms with E-state index in [1.54, 1.807) is 0 Å². The summed E-state index contributed by atoms with van der Waals surface area (Å²) in [7, 11) is 0. The number of rotatable bonds is 2. The molecule has 0 aliphatic carbocycles. The average molecular weight is 278 g/mol. The second kappa shape index (κ2) is 5.03. The van der Waals surface area contributed by atoms with Crippen LogP contribution in [0.5, 0.6) is 0 Å². The maximum atomic E-state index is 5.74. The predicted octanol–water partition coefficient (Wildman–Crippen LogP) is 1.93. The average Bonchev–Trinajstić information content (AvgIpc) is 2.66. The van der Waals surface area contributed by atoms with Gasteiger partial charge in [-0.2, -0.15) is 5.10 Å². The molecule has 19 heavy (non-hydrogen) atoms. The largest absolute Gasteiger partial charge is 0.373 e. The molecule has 0 aromatic carbocycles. The highest BCUT2D eigenvalue weighted by atomic mass is 32.1. The minimum Gasteiger partial charge on any atom is -0.373 e. The van der Waals surface area contributed by atoms with Crippen LogP contribution in [0, 0.1) is 4.77 Å². The summed E-state index contributed by atoms with van der Waals surface area (Å²) in [5, 5.41) is 4.55. The summed E-state index contributed by atoms with van der Waals surface area (Å²) in [6, 6.07) is 5.91. The van der Waals surface area contributed by atoms with Crippen molar-refractivity contribution in [2.45, 2.75) is 32.7 Å². The van der Waals surface area contributed by atoms with Crippen molar-refractivity contribution in [1.82, 2.24) is 19.1 Å². The molecule has 6 heteroatoms. The Morgan fingerprint density at radius 2 is 2.05 bits per heavy atom. The van der Waals surface area contributed by atoms with Crippen LogP contribution >= 0.6 is 12.2 Å². The Morgan fingerprint density at radius 3 is 2.74 bits per heavy atom. The molecule has 102 valence electrons. The Hall–Kier alpha value is -1.24. The van der Waals surface area contributed by atoms with E-state index in [-0.39, 0.29) is 12.2 Å². The third-order valence-corrected chi connectivity index (χ3v) is 3.73. The number of hydrogen-bond donors (Lipinski definition) is 0. The van der Waals surface area contributed by atoms with E-state index in [1.165, 1.54) is 0 Å². The molecule has 1 saturated heterocycles. The van der Waals surface area contributed by atoms with Crippen molar-refractivity contribution in [1.29, 1.82) is 0 Å². The minimum atomic E-state index is 0.259. The topological polar surface area (TPSA) is 34.7 Å². The number of pyridine rings is 1. The Balaban J connectivity index is 1.85. The fourth-order valence-corrected chi connectivity index (χ4v) is 2.90. The first-order valence-corrected chi connectivity index (χ1v) is 6.96. The van der Waals surface area contributed by atoms with Gasteiger partial charge in [0.25, 0.3) is 0 Å². The molecule has 0 radical (unpaired) electrons. The first-order chi connectivity index (χ1) is 9.13. The van der Waals surface area contributed by atoms with E-state index in [4.69, 9.17) is 17.0 Å². The number of hydrogen-bond acceptors (Lipinski definition) is 4. The second-order valence-corrected chi connectivity index (χ2v) is 5.51. The maximum absolute atomic E-state index is 5.74. The van der Waals surface area contributed by atoms with Crippen LogP contribution in [-0.2, 0) is 11.4 Å². The summed E-state index contributed by atoms with van der Waals surface area (Å²) in [6.07, 6.45) is 2.47. The molecule has 0 amide bonds. The quantitative estimate of drug-likeness (QED) is 0.786. The highest BCUT2D eigenvalue weighted by Crippen LogP contribution is 2.12. The van der Waals surface area contributed by atoms with E-state index in [1.807, 2.05) is 33.5 Å². The van der Waals surface area contributed by atoms with Crippen LogP contribution in [0.15, 0.2) is 24.4 Å². The van der Waals surface area contributed by atoms with Gasteiger partial charge in [0, 0.05) is 19.3 Å². The molecule has 0 N–H and O–H groups in total. The van der Waals surface area contributed by atoms with Gasteiger partial charge >= 0.3 is 0 Å². The third-order valence-electron chi connectivity index (χ3n) is 3.32. The molecule has 2 atom stereocenters. The van der Waals surface area contributed by atoms with E-state index in [2.05, 4.69) is 23.8 Å². The van der Waals surface area contributed by atoms with Gasteiger partial charge < -0.3 is 4.74 Å². The molecule has 3 heterocycles. The van der Waals surface area contributed by atoms with E-state index >= 15 is 0 Å². The number of aromatic nitrogens is 3. The Bertz CT molecular complexity index is 625.